The van der Waals surface area contributed by atoms with Gasteiger partial charge in [0, 0.05) is 23.2 Å². The van der Waals surface area contributed by atoms with Gasteiger partial charge in [-0.3, -0.25) is 10.1 Å². The van der Waals surface area contributed by atoms with Gasteiger partial charge in [0.2, 0.25) is 0 Å². The SMILES string of the molecule is CC(Nc1cc(F)c(Br)cc1[N+](=O)[O-])c1cccc(Cl)c1. The molecule has 0 saturated carbocycles. The highest BCUT2D eigenvalue weighted by atomic mass is 79.9. The van der Waals surface area contributed by atoms with E-state index in [0.29, 0.717) is 5.02 Å². The first kappa shape index (κ1) is 15.7. The first-order valence-electron chi connectivity index (χ1n) is 6.04. The molecule has 0 amide bonds. The van der Waals surface area contributed by atoms with Gasteiger partial charge in [-0.25, -0.2) is 4.39 Å². The van der Waals surface area contributed by atoms with Crippen LogP contribution >= 0.6 is 27.5 Å². The largest absolute Gasteiger partial charge is 0.373 e. The lowest BCUT2D eigenvalue weighted by atomic mass is 10.1. The normalized spacial score (nSPS) is 12.0. The first-order chi connectivity index (χ1) is 9.88. The van der Waals surface area contributed by atoms with Crippen molar-refractivity contribution >= 4 is 38.9 Å². The zero-order chi connectivity index (χ0) is 15.6. The fourth-order valence-corrected chi connectivity index (χ4v) is 2.43. The summed E-state index contributed by atoms with van der Waals surface area (Å²) in [5.74, 6) is -0.568. The van der Waals surface area contributed by atoms with Gasteiger partial charge in [0.15, 0.2) is 0 Å². The minimum atomic E-state index is -0.568. The highest BCUT2D eigenvalue weighted by molar-refractivity contribution is 9.10. The van der Waals surface area contributed by atoms with Crippen molar-refractivity contribution in [1.82, 2.24) is 0 Å². The number of nitro groups is 1. The van der Waals surface area contributed by atoms with Gasteiger partial charge < -0.3 is 5.32 Å². The molecule has 110 valence electrons. The van der Waals surface area contributed by atoms with E-state index in [0.717, 1.165) is 17.7 Å². The summed E-state index contributed by atoms with van der Waals surface area (Å²) in [4.78, 5) is 10.5. The number of nitrogens with zero attached hydrogens (tertiary/aromatic N) is 1. The van der Waals surface area contributed by atoms with Gasteiger partial charge in [0.1, 0.15) is 11.5 Å². The van der Waals surface area contributed by atoms with Gasteiger partial charge in [0.05, 0.1) is 9.40 Å². The third-order valence-corrected chi connectivity index (χ3v) is 3.80. The van der Waals surface area contributed by atoms with Crippen molar-refractivity contribution in [2.24, 2.45) is 0 Å². The van der Waals surface area contributed by atoms with E-state index in [1.165, 1.54) is 0 Å². The zero-order valence-corrected chi connectivity index (χ0v) is 13.3. The summed E-state index contributed by atoms with van der Waals surface area (Å²) in [6.45, 7) is 1.81. The summed E-state index contributed by atoms with van der Waals surface area (Å²) in [7, 11) is 0. The number of halogens is 3. The highest BCUT2D eigenvalue weighted by Crippen LogP contribution is 2.33. The fourth-order valence-electron chi connectivity index (χ4n) is 1.90. The van der Waals surface area contributed by atoms with Gasteiger partial charge in [-0.15, -0.1) is 0 Å². The molecular weight excluding hydrogens is 363 g/mol. The van der Waals surface area contributed by atoms with Crippen LogP contribution in [-0.2, 0) is 0 Å². The molecule has 0 radical (unpaired) electrons. The molecule has 1 N–H and O–H groups in total. The molecule has 0 bridgehead atoms. The summed E-state index contributed by atoms with van der Waals surface area (Å²) >= 11 is 8.86. The third kappa shape index (κ3) is 3.71. The maximum absolute atomic E-state index is 13.6. The molecule has 0 aliphatic rings. The van der Waals surface area contributed by atoms with Crippen molar-refractivity contribution in [3.05, 3.63) is 67.4 Å². The fraction of sp³-hybridized carbons (Fsp3) is 0.143. The van der Waals surface area contributed by atoms with Crippen molar-refractivity contribution in [2.75, 3.05) is 5.32 Å². The van der Waals surface area contributed by atoms with Crippen molar-refractivity contribution in [3.63, 3.8) is 0 Å². The predicted molar refractivity (Wildman–Crippen MR) is 84.2 cm³/mol. The molecular formula is C14H11BrClFN2O2. The molecule has 0 heterocycles. The Morgan fingerprint density at radius 2 is 2.10 bits per heavy atom. The second-order valence-electron chi connectivity index (χ2n) is 4.46. The molecule has 2 aromatic carbocycles. The average Bonchev–Trinajstić information content (AvgIpc) is 2.42. The Labute approximate surface area is 134 Å². The van der Waals surface area contributed by atoms with Crippen LogP contribution in [0.1, 0.15) is 18.5 Å². The second kappa shape index (κ2) is 6.41. The lowest BCUT2D eigenvalue weighted by molar-refractivity contribution is -0.384. The van der Waals surface area contributed by atoms with Crippen LogP contribution in [0.25, 0.3) is 0 Å². The second-order valence-corrected chi connectivity index (χ2v) is 5.75. The molecule has 0 saturated heterocycles. The van der Waals surface area contributed by atoms with Crippen molar-refractivity contribution < 1.29 is 9.31 Å². The van der Waals surface area contributed by atoms with Gasteiger partial charge in [-0.2, -0.15) is 0 Å². The van der Waals surface area contributed by atoms with Crippen molar-refractivity contribution in [3.8, 4) is 0 Å². The molecule has 4 nitrogen and oxygen atoms in total. The Hall–Kier alpha value is -1.66. The zero-order valence-electron chi connectivity index (χ0n) is 10.9. The van der Waals surface area contributed by atoms with Gasteiger partial charge >= 0.3 is 0 Å². The quantitative estimate of drug-likeness (QED) is 0.582. The van der Waals surface area contributed by atoms with Crippen LogP contribution in [0, 0.1) is 15.9 Å². The van der Waals surface area contributed by atoms with E-state index in [1.54, 1.807) is 18.2 Å². The molecule has 2 aromatic rings. The van der Waals surface area contributed by atoms with E-state index >= 15 is 0 Å². The van der Waals surface area contributed by atoms with Crippen LogP contribution in [0.15, 0.2) is 40.9 Å². The monoisotopic (exact) mass is 372 g/mol. The Balaban J connectivity index is 2.34. The van der Waals surface area contributed by atoms with Crippen LogP contribution in [0.5, 0.6) is 0 Å². The summed E-state index contributed by atoms with van der Waals surface area (Å²) in [6.07, 6.45) is 0. The summed E-state index contributed by atoms with van der Waals surface area (Å²) in [5, 5.41) is 14.6. The van der Waals surface area contributed by atoms with Gasteiger partial charge in [0.25, 0.3) is 5.69 Å². The molecule has 7 heteroatoms. The van der Waals surface area contributed by atoms with Gasteiger partial charge in [-0.1, -0.05) is 23.7 Å². The molecule has 0 spiro atoms. The average molecular weight is 374 g/mol. The molecule has 0 aromatic heterocycles. The molecule has 0 aliphatic carbocycles. The maximum atomic E-state index is 13.6. The molecule has 0 aliphatic heterocycles. The summed E-state index contributed by atoms with van der Waals surface area (Å²) in [5.41, 5.74) is 0.769. The van der Waals surface area contributed by atoms with Crippen LogP contribution < -0.4 is 5.32 Å². The minimum Gasteiger partial charge on any atom is -0.373 e. The smallest absolute Gasteiger partial charge is 0.293 e. The number of hydrogen-bond donors (Lipinski definition) is 1. The molecule has 1 unspecified atom stereocenters. The van der Waals surface area contributed by atoms with Crippen LogP contribution in [0.4, 0.5) is 15.8 Å². The highest BCUT2D eigenvalue weighted by Gasteiger charge is 2.19. The van der Waals surface area contributed by atoms with Crippen molar-refractivity contribution in [2.45, 2.75) is 13.0 Å². The van der Waals surface area contributed by atoms with Crippen LogP contribution in [-0.4, -0.2) is 4.92 Å². The number of nitrogens with one attached hydrogen (secondary N) is 1. The molecule has 21 heavy (non-hydrogen) atoms. The van der Waals surface area contributed by atoms with Crippen molar-refractivity contribution in [1.29, 1.82) is 0 Å². The first-order valence-corrected chi connectivity index (χ1v) is 7.21. The Morgan fingerprint density at radius 3 is 2.71 bits per heavy atom. The van der Waals surface area contributed by atoms with Gasteiger partial charge in [-0.05, 0) is 40.5 Å². The number of rotatable bonds is 4. The maximum Gasteiger partial charge on any atom is 0.293 e. The summed E-state index contributed by atoms with van der Waals surface area (Å²) < 4.78 is 13.7. The number of nitro benzene ring substituents is 1. The van der Waals surface area contributed by atoms with Crippen LogP contribution in [0.3, 0.4) is 0 Å². The van der Waals surface area contributed by atoms with E-state index in [-0.39, 0.29) is 21.9 Å². The lowest BCUT2D eigenvalue weighted by Gasteiger charge is -2.16. The number of anilines is 1. The topological polar surface area (TPSA) is 55.2 Å². The Kier molecular flexibility index (Phi) is 4.80. The Bertz CT molecular complexity index is 697. The lowest BCUT2D eigenvalue weighted by Crippen LogP contribution is -2.09. The van der Waals surface area contributed by atoms with E-state index in [2.05, 4.69) is 21.2 Å². The molecule has 2 rings (SSSR count). The van der Waals surface area contributed by atoms with E-state index in [4.69, 9.17) is 11.6 Å². The van der Waals surface area contributed by atoms with E-state index < -0.39 is 10.7 Å². The van der Waals surface area contributed by atoms with E-state index in [1.807, 2.05) is 13.0 Å². The number of hydrogen-bond acceptors (Lipinski definition) is 3. The minimum absolute atomic E-state index is 0.0511. The third-order valence-electron chi connectivity index (χ3n) is 2.96. The van der Waals surface area contributed by atoms with Crippen LogP contribution in [0.2, 0.25) is 5.02 Å². The van der Waals surface area contributed by atoms with E-state index in [9.17, 15) is 14.5 Å². The predicted octanol–water partition coefficient (Wildman–Crippen LogP) is 5.32. The standard InChI is InChI=1S/C14H11BrClFN2O2/c1-8(9-3-2-4-10(16)5-9)18-13-7-12(17)11(15)6-14(13)19(20)21/h2-8,18H,1H3. The Morgan fingerprint density at radius 1 is 1.38 bits per heavy atom. The molecule has 1 atom stereocenters. The molecule has 0 fully saturated rings. The summed E-state index contributed by atoms with van der Waals surface area (Å²) in [6, 6.07) is 9.09. The number of benzene rings is 2.